The second-order valence-electron chi connectivity index (χ2n) is 5.33. The zero-order valence-electron chi connectivity index (χ0n) is 10.7. The van der Waals surface area contributed by atoms with Gasteiger partial charge in [0.05, 0.1) is 6.10 Å². The quantitative estimate of drug-likeness (QED) is 0.914. The summed E-state index contributed by atoms with van der Waals surface area (Å²) in [6.07, 6.45) is 2.50. The Morgan fingerprint density at radius 1 is 1.00 bits per heavy atom. The first kappa shape index (κ1) is 12.9. The Morgan fingerprint density at radius 3 is 2.16 bits per heavy atom. The zero-order valence-corrected chi connectivity index (χ0v) is 12.3. The third kappa shape index (κ3) is 2.90. The lowest BCUT2D eigenvalue weighted by atomic mass is 9.94. The first-order chi connectivity index (χ1) is 9.22. The van der Waals surface area contributed by atoms with Gasteiger partial charge in [-0.3, -0.25) is 0 Å². The molecule has 0 spiro atoms. The molecule has 2 aromatic rings. The van der Waals surface area contributed by atoms with Crippen LogP contribution in [0.4, 0.5) is 0 Å². The molecule has 0 aliphatic heterocycles. The first-order valence-corrected chi connectivity index (χ1v) is 7.51. The molecule has 0 saturated carbocycles. The lowest BCUT2D eigenvalue weighted by molar-refractivity contribution is 0.113. The van der Waals surface area contributed by atoms with Crippen LogP contribution < -0.4 is 0 Å². The number of hydrogen-bond donors (Lipinski definition) is 1. The molecule has 0 aromatic heterocycles. The van der Waals surface area contributed by atoms with Crippen molar-refractivity contribution in [2.75, 3.05) is 0 Å². The van der Waals surface area contributed by atoms with Crippen LogP contribution >= 0.6 is 15.9 Å². The average molecular weight is 317 g/mol. The van der Waals surface area contributed by atoms with Gasteiger partial charge in [-0.2, -0.15) is 0 Å². The highest BCUT2D eigenvalue weighted by Crippen LogP contribution is 2.29. The molecule has 0 radical (unpaired) electrons. The van der Waals surface area contributed by atoms with Crippen LogP contribution in [0.15, 0.2) is 53.0 Å². The van der Waals surface area contributed by atoms with Crippen molar-refractivity contribution < 1.29 is 5.11 Å². The fourth-order valence-electron chi connectivity index (χ4n) is 2.89. The van der Waals surface area contributed by atoms with Gasteiger partial charge < -0.3 is 5.11 Å². The van der Waals surface area contributed by atoms with Gasteiger partial charge in [0.1, 0.15) is 0 Å². The van der Waals surface area contributed by atoms with Crippen molar-refractivity contribution in [3.63, 3.8) is 0 Å². The van der Waals surface area contributed by atoms with Gasteiger partial charge >= 0.3 is 0 Å². The largest absolute Gasteiger partial charge is 0.392 e. The SMILES string of the molecule is OC(Cc1ccc(Br)cc1)C1Cc2ccccc2C1. The minimum Gasteiger partial charge on any atom is -0.392 e. The van der Waals surface area contributed by atoms with E-state index >= 15 is 0 Å². The highest BCUT2D eigenvalue weighted by Gasteiger charge is 2.27. The van der Waals surface area contributed by atoms with E-state index < -0.39 is 0 Å². The van der Waals surface area contributed by atoms with E-state index in [-0.39, 0.29) is 6.10 Å². The molecule has 1 unspecified atom stereocenters. The molecule has 1 aliphatic rings. The molecular formula is C17H17BrO. The van der Waals surface area contributed by atoms with E-state index in [1.807, 2.05) is 12.1 Å². The zero-order chi connectivity index (χ0) is 13.2. The normalized spacial score (nSPS) is 16.3. The summed E-state index contributed by atoms with van der Waals surface area (Å²) in [4.78, 5) is 0. The summed E-state index contributed by atoms with van der Waals surface area (Å²) in [7, 11) is 0. The Kier molecular flexibility index (Phi) is 3.72. The molecule has 1 atom stereocenters. The van der Waals surface area contributed by atoms with E-state index in [0.29, 0.717) is 5.92 Å². The highest BCUT2D eigenvalue weighted by molar-refractivity contribution is 9.10. The molecule has 1 nitrogen and oxygen atoms in total. The van der Waals surface area contributed by atoms with Crippen LogP contribution in [-0.4, -0.2) is 11.2 Å². The van der Waals surface area contributed by atoms with Gasteiger partial charge in [-0.1, -0.05) is 52.3 Å². The number of hydrogen-bond acceptors (Lipinski definition) is 1. The van der Waals surface area contributed by atoms with E-state index in [2.05, 4.69) is 52.3 Å². The van der Waals surface area contributed by atoms with E-state index in [9.17, 15) is 5.11 Å². The van der Waals surface area contributed by atoms with Gasteiger partial charge in [-0.15, -0.1) is 0 Å². The van der Waals surface area contributed by atoms with Gasteiger partial charge in [-0.05, 0) is 54.0 Å². The van der Waals surface area contributed by atoms with Gasteiger partial charge in [0, 0.05) is 4.47 Å². The smallest absolute Gasteiger partial charge is 0.0615 e. The average Bonchev–Trinajstić information content (AvgIpc) is 2.85. The number of aliphatic hydroxyl groups excluding tert-OH is 1. The molecular weight excluding hydrogens is 300 g/mol. The fourth-order valence-corrected chi connectivity index (χ4v) is 3.16. The number of rotatable bonds is 3. The van der Waals surface area contributed by atoms with Crippen LogP contribution in [0, 0.1) is 5.92 Å². The van der Waals surface area contributed by atoms with Gasteiger partial charge in [-0.25, -0.2) is 0 Å². The van der Waals surface area contributed by atoms with Crippen LogP contribution in [0.1, 0.15) is 16.7 Å². The Bertz CT molecular complexity index is 537. The van der Waals surface area contributed by atoms with Crippen LogP contribution in [0.3, 0.4) is 0 Å². The molecule has 3 rings (SSSR count). The first-order valence-electron chi connectivity index (χ1n) is 6.71. The number of fused-ring (bicyclic) bond motifs is 1. The Labute approximate surface area is 122 Å². The van der Waals surface area contributed by atoms with Crippen molar-refractivity contribution in [3.8, 4) is 0 Å². The Balaban J connectivity index is 1.66. The molecule has 0 fully saturated rings. The topological polar surface area (TPSA) is 20.2 Å². The maximum atomic E-state index is 10.4. The molecule has 0 heterocycles. The predicted octanol–water partition coefficient (Wildman–Crippen LogP) is 3.77. The van der Waals surface area contributed by atoms with Crippen molar-refractivity contribution in [2.24, 2.45) is 5.92 Å². The van der Waals surface area contributed by atoms with E-state index in [1.54, 1.807) is 0 Å². The van der Waals surface area contributed by atoms with Crippen LogP contribution in [0.25, 0.3) is 0 Å². The monoisotopic (exact) mass is 316 g/mol. The van der Waals surface area contributed by atoms with Gasteiger partial charge in [0.15, 0.2) is 0 Å². The van der Waals surface area contributed by atoms with Gasteiger partial charge in [0.2, 0.25) is 0 Å². The standard InChI is InChI=1S/C17H17BrO/c18-16-7-5-12(6-8-16)9-17(19)15-10-13-3-1-2-4-14(13)11-15/h1-8,15,17,19H,9-11H2. The summed E-state index contributed by atoms with van der Waals surface area (Å²) in [6.45, 7) is 0. The third-order valence-corrected chi connectivity index (χ3v) is 4.51. The van der Waals surface area contributed by atoms with E-state index in [4.69, 9.17) is 0 Å². The third-order valence-electron chi connectivity index (χ3n) is 3.98. The Hall–Kier alpha value is -1.12. The summed E-state index contributed by atoms with van der Waals surface area (Å²) in [6, 6.07) is 16.8. The highest BCUT2D eigenvalue weighted by atomic mass is 79.9. The summed E-state index contributed by atoms with van der Waals surface area (Å²) >= 11 is 3.43. The maximum absolute atomic E-state index is 10.4. The summed E-state index contributed by atoms with van der Waals surface area (Å²) in [5.74, 6) is 0.362. The minimum atomic E-state index is -0.256. The molecule has 98 valence electrons. The summed E-state index contributed by atoms with van der Waals surface area (Å²) in [5.41, 5.74) is 4.01. The Morgan fingerprint density at radius 2 is 1.58 bits per heavy atom. The number of aliphatic hydroxyl groups is 1. The number of benzene rings is 2. The van der Waals surface area contributed by atoms with Crippen molar-refractivity contribution in [3.05, 3.63) is 69.7 Å². The molecule has 1 aliphatic carbocycles. The summed E-state index contributed by atoms with van der Waals surface area (Å²) in [5, 5.41) is 10.4. The number of halogens is 1. The molecule has 0 amide bonds. The fraction of sp³-hybridized carbons (Fsp3) is 0.294. The second-order valence-corrected chi connectivity index (χ2v) is 6.25. The van der Waals surface area contributed by atoms with Crippen LogP contribution in [0.2, 0.25) is 0 Å². The van der Waals surface area contributed by atoms with E-state index in [1.165, 1.54) is 16.7 Å². The van der Waals surface area contributed by atoms with Crippen molar-refractivity contribution in [1.82, 2.24) is 0 Å². The van der Waals surface area contributed by atoms with Crippen molar-refractivity contribution in [2.45, 2.75) is 25.4 Å². The van der Waals surface area contributed by atoms with Crippen LogP contribution in [0.5, 0.6) is 0 Å². The second kappa shape index (κ2) is 5.48. The van der Waals surface area contributed by atoms with Crippen LogP contribution in [-0.2, 0) is 19.3 Å². The lowest BCUT2D eigenvalue weighted by Gasteiger charge is -2.17. The molecule has 0 bridgehead atoms. The summed E-state index contributed by atoms with van der Waals surface area (Å²) < 4.78 is 1.08. The molecule has 2 aromatic carbocycles. The van der Waals surface area contributed by atoms with Crippen molar-refractivity contribution in [1.29, 1.82) is 0 Å². The molecule has 1 N–H and O–H groups in total. The molecule has 19 heavy (non-hydrogen) atoms. The maximum Gasteiger partial charge on any atom is 0.0615 e. The van der Waals surface area contributed by atoms with E-state index in [0.717, 1.165) is 23.7 Å². The minimum absolute atomic E-state index is 0.256. The predicted molar refractivity (Wildman–Crippen MR) is 81.2 cm³/mol. The van der Waals surface area contributed by atoms with Crippen molar-refractivity contribution >= 4 is 15.9 Å². The molecule has 0 saturated heterocycles. The lowest BCUT2D eigenvalue weighted by Crippen LogP contribution is -2.23. The van der Waals surface area contributed by atoms with Gasteiger partial charge in [0.25, 0.3) is 0 Å². The molecule has 2 heteroatoms.